The zero-order valence-corrected chi connectivity index (χ0v) is 9.71. The number of esters is 1. The van der Waals surface area contributed by atoms with Crippen molar-refractivity contribution in [2.75, 3.05) is 7.11 Å². The summed E-state index contributed by atoms with van der Waals surface area (Å²) in [5.41, 5.74) is 7.71. The number of benzene rings is 1. The number of carbonyl (C=O) groups is 1. The van der Waals surface area contributed by atoms with Gasteiger partial charge in [0, 0.05) is 6.04 Å². The predicted octanol–water partition coefficient (Wildman–Crippen LogP) is 1.84. The average molecular weight is 230 g/mol. The molecule has 0 bridgehead atoms. The van der Waals surface area contributed by atoms with Crippen molar-refractivity contribution in [3.63, 3.8) is 0 Å². The minimum atomic E-state index is -0.224. The Bertz CT molecular complexity index is 309. The monoisotopic (exact) mass is 229 g/mol. The molecule has 3 nitrogen and oxygen atoms in total. The largest absolute Gasteiger partial charge is 0.469 e. The number of hydrogen-bond donors (Lipinski definition) is 1. The van der Waals surface area contributed by atoms with Crippen LogP contribution in [0.5, 0.6) is 0 Å². The van der Waals surface area contributed by atoms with Gasteiger partial charge in [0.1, 0.15) is 0 Å². The summed E-state index contributed by atoms with van der Waals surface area (Å²) >= 11 is 0. The summed E-state index contributed by atoms with van der Waals surface area (Å²) < 4.78 is 4.57. The highest BCUT2D eigenvalue weighted by atomic mass is 35.5. The van der Waals surface area contributed by atoms with Crippen LogP contribution in [-0.4, -0.2) is 13.1 Å². The van der Waals surface area contributed by atoms with E-state index in [4.69, 9.17) is 5.73 Å². The highest BCUT2D eigenvalue weighted by Crippen LogP contribution is 2.11. The Labute approximate surface area is 96.0 Å². The molecule has 0 aliphatic heterocycles. The third-order valence-electron chi connectivity index (χ3n) is 2.08. The number of carbonyl (C=O) groups excluding carboxylic acids is 1. The number of nitrogens with two attached hydrogens (primary N) is 1. The molecular formula is C11H16ClNO2. The summed E-state index contributed by atoms with van der Waals surface area (Å²) in [7, 11) is 1.39. The van der Waals surface area contributed by atoms with E-state index in [9.17, 15) is 4.79 Å². The highest BCUT2D eigenvalue weighted by Gasteiger charge is 2.03. The lowest BCUT2D eigenvalue weighted by Gasteiger charge is -2.06. The van der Waals surface area contributed by atoms with Crippen LogP contribution in [0.25, 0.3) is 0 Å². The number of hydrogen-bond acceptors (Lipinski definition) is 3. The van der Waals surface area contributed by atoms with Crippen molar-refractivity contribution in [3.05, 3.63) is 35.4 Å². The SMILES string of the molecule is COC(=O)Cc1ccc([C@@H](C)N)cc1.Cl. The van der Waals surface area contributed by atoms with E-state index >= 15 is 0 Å². The quantitative estimate of drug-likeness (QED) is 0.805. The van der Waals surface area contributed by atoms with E-state index in [1.807, 2.05) is 31.2 Å². The van der Waals surface area contributed by atoms with Gasteiger partial charge < -0.3 is 10.5 Å². The van der Waals surface area contributed by atoms with Crippen LogP contribution in [0.4, 0.5) is 0 Å². The van der Waals surface area contributed by atoms with Gasteiger partial charge in [-0.2, -0.15) is 0 Å². The van der Waals surface area contributed by atoms with E-state index in [1.54, 1.807) is 0 Å². The molecule has 1 rings (SSSR count). The minimum absolute atomic E-state index is 0. The van der Waals surface area contributed by atoms with Gasteiger partial charge in [0.05, 0.1) is 13.5 Å². The lowest BCUT2D eigenvalue weighted by molar-refractivity contribution is -0.139. The molecule has 0 aliphatic rings. The molecule has 0 amide bonds. The molecule has 4 heteroatoms. The Kier molecular flexibility index (Phi) is 5.97. The lowest BCUT2D eigenvalue weighted by atomic mass is 10.1. The smallest absolute Gasteiger partial charge is 0.309 e. The molecule has 0 heterocycles. The molecule has 1 atom stereocenters. The second-order valence-electron chi connectivity index (χ2n) is 3.28. The minimum Gasteiger partial charge on any atom is -0.469 e. The molecule has 84 valence electrons. The molecule has 1 aromatic rings. The molecule has 0 aromatic heterocycles. The van der Waals surface area contributed by atoms with Crippen molar-refractivity contribution in [2.24, 2.45) is 5.73 Å². The maximum absolute atomic E-state index is 11.0. The van der Waals surface area contributed by atoms with Gasteiger partial charge in [-0.15, -0.1) is 12.4 Å². The van der Waals surface area contributed by atoms with E-state index in [2.05, 4.69) is 4.74 Å². The average Bonchev–Trinajstić information content (AvgIpc) is 2.18. The fourth-order valence-corrected chi connectivity index (χ4v) is 1.18. The molecule has 2 N–H and O–H groups in total. The van der Waals surface area contributed by atoms with Crippen molar-refractivity contribution in [3.8, 4) is 0 Å². The maximum Gasteiger partial charge on any atom is 0.309 e. The lowest BCUT2D eigenvalue weighted by Crippen LogP contribution is -2.06. The zero-order valence-electron chi connectivity index (χ0n) is 8.90. The van der Waals surface area contributed by atoms with E-state index in [-0.39, 0.29) is 24.4 Å². The van der Waals surface area contributed by atoms with Crippen LogP contribution < -0.4 is 5.73 Å². The third-order valence-corrected chi connectivity index (χ3v) is 2.08. The van der Waals surface area contributed by atoms with Crippen LogP contribution in [0, 0.1) is 0 Å². The van der Waals surface area contributed by atoms with E-state index in [0.717, 1.165) is 11.1 Å². The fraction of sp³-hybridized carbons (Fsp3) is 0.364. The number of ether oxygens (including phenoxy) is 1. The molecule has 0 radical (unpaired) electrons. The molecular weight excluding hydrogens is 214 g/mol. The van der Waals surface area contributed by atoms with Gasteiger partial charge in [-0.25, -0.2) is 0 Å². The van der Waals surface area contributed by atoms with Gasteiger partial charge in [0.25, 0.3) is 0 Å². The predicted molar refractivity (Wildman–Crippen MR) is 62.0 cm³/mol. The molecule has 0 fully saturated rings. The van der Waals surface area contributed by atoms with Crippen molar-refractivity contribution < 1.29 is 9.53 Å². The topological polar surface area (TPSA) is 52.3 Å². The van der Waals surface area contributed by atoms with Gasteiger partial charge in [0.2, 0.25) is 0 Å². The van der Waals surface area contributed by atoms with Crippen molar-refractivity contribution in [1.82, 2.24) is 0 Å². The molecule has 0 unspecified atom stereocenters. The second kappa shape index (κ2) is 6.43. The van der Waals surface area contributed by atoms with Gasteiger partial charge in [-0.05, 0) is 18.1 Å². The first kappa shape index (κ1) is 13.9. The summed E-state index contributed by atoms with van der Waals surface area (Å²) in [5.74, 6) is -0.224. The van der Waals surface area contributed by atoms with Crippen LogP contribution in [0.3, 0.4) is 0 Å². The Morgan fingerprint density at radius 2 is 1.93 bits per heavy atom. The second-order valence-corrected chi connectivity index (χ2v) is 3.28. The van der Waals surface area contributed by atoms with Crippen LogP contribution in [0.2, 0.25) is 0 Å². The number of rotatable bonds is 3. The fourth-order valence-electron chi connectivity index (χ4n) is 1.18. The Morgan fingerprint density at radius 1 is 1.40 bits per heavy atom. The third kappa shape index (κ3) is 4.32. The Balaban J connectivity index is 0.00000196. The molecule has 1 aromatic carbocycles. The van der Waals surface area contributed by atoms with Crippen molar-refractivity contribution in [2.45, 2.75) is 19.4 Å². The normalized spacial score (nSPS) is 11.4. The Morgan fingerprint density at radius 3 is 2.33 bits per heavy atom. The number of halogens is 1. The summed E-state index contributed by atoms with van der Waals surface area (Å²) in [6.45, 7) is 1.93. The van der Waals surface area contributed by atoms with Crippen LogP contribution in [0.15, 0.2) is 24.3 Å². The van der Waals surface area contributed by atoms with Crippen LogP contribution >= 0.6 is 12.4 Å². The highest BCUT2D eigenvalue weighted by molar-refractivity contribution is 5.85. The standard InChI is InChI=1S/C11H15NO2.ClH/c1-8(12)10-5-3-9(4-6-10)7-11(13)14-2;/h3-6,8H,7,12H2,1-2H3;1H/t8-;/m1./s1. The molecule has 0 aliphatic carbocycles. The van der Waals surface area contributed by atoms with Crippen molar-refractivity contribution >= 4 is 18.4 Å². The van der Waals surface area contributed by atoms with Gasteiger partial charge in [-0.3, -0.25) is 4.79 Å². The van der Waals surface area contributed by atoms with E-state index < -0.39 is 0 Å². The first-order valence-corrected chi connectivity index (χ1v) is 4.54. The first-order valence-electron chi connectivity index (χ1n) is 4.54. The maximum atomic E-state index is 11.0. The van der Waals surface area contributed by atoms with Gasteiger partial charge in [-0.1, -0.05) is 24.3 Å². The van der Waals surface area contributed by atoms with E-state index in [1.165, 1.54) is 7.11 Å². The summed E-state index contributed by atoms with van der Waals surface area (Å²) in [6, 6.07) is 7.69. The first-order chi connectivity index (χ1) is 6.63. The molecule has 0 spiro atoms. The van der Waals surface area contributed by atoms with Gasteiger partial charge in [0.15, 0.2) is 0 Å². The Hall–Kier alpha value is -1.06. The molecule has 15 heavy (non-hydrogen) atoms. The summed E-state index contributed by atoms with van der Waals surface area (Å²) in [6.07, 6.45) is 0.315. The zero-order chi connectivity index (χ0) is 10.6. The molecule has 0 saturated heterocycles. The molecule has 0 saturated carbocycles. The van der Waals surface area contributed by atoms with Crippen LogP contribution in [0.1, 0.15) is 24.1 Å². The van der Waals surface area contributed by atoms with Gasteiger partial charge >= 0.3 is 5.97 Å². The van der Waals surface area contributed by atoms with Crippen LogP contribution in [-0.2, 0) is 16.0 Å². The van der Waals surface area contributed by atoms with Crippen molar-refractivity contribution in [1.29, 1.82) is 0 Å². The summed E-state index contributed by atoms with van der Waals surface area (Å²) in [5, 5.41) is 0. The number of methoxy groups -OCH3 is 1. The van der Waals surface area contributed by atoms with E-state index in [0.29, 0.717) is 6.42 Å². The summed E-state index contributed by atoms with van der Waals surface area (Å²) in [4.78, 5) is 11.0.